The van der Waals surface area contributed by atoms with E-state index in [1.54, 1.807) is 11.1 Å². The number of urea groups is 1. The van der Waals surface area contributed by atoms with E-state index in [4.69, 9.17) is 0 Å². The smallest absolute Gasteiger partial charge is 0.317 e. The van der Waals surface area contributed by atoms with Crippen LogP contribution in [-0.4, -0.2) is 34.9 Å². The number of nitrogens with zero attached hydrogens (tertiary/aromatic N) is 3. The Bertz CT molecular complexity index is 1150. The summed E-state index contributed by atoms with van der Waals surface area (Å²) in [5, 5.41) is 16.1. The van der Waals surface area contributed by atoms with E-state index >= 15 is 0 Å². The Balaban J connectivity index is 1.33. The molecule has 0 saturated heterocycles. The topological polar surface area (TPSA) is 98.1 Å². The number of benzene rings is 1. The summed E-state index contributed by atoms with van der Waals surface area (Å²) in [4.78, 5) is 32.1. The van der Waals surface area contributed by atoms with Crippen molar-refractivity contribution >= 4 is 28.3 Å². The molecule has 0 fully saturated rings. The van der Waals surface area contributed by atoms with Crippen LogP contribution in [-0.2, 0) is 30.6 Å². The SMILES string of the molecule is N#Cc1c(NC(=O)CCc2ccccc2)sc2c1CCN(C(=O)NCCc1ccccn1)C2. The number of anilines is 1. The summed E-state index contributed by atoms with van der Waals surface area (Å²) in [5.41, 5.74) is 3.50. The molecule has 3 heterocycles. The molecule has 4 rings (SSSR count). The molecule has 0 atom stereocenters. The van der Waals surface area contributed by atoms with E-state index in [0.717, 1.165) is 21.7 Å². The monoisotopic (exact) mass is 459 g/mol. The molecule has 0 saturated carbocycles. The first-order valence-electron chi connectivity index (χ1n) is 10.9. The molecule has 1 aliphatic rings. The first-order valence-corrected chi connectivity index (χ1v) is 11.8. The van der Waals surface area contributed by atoms with Crippen LogP contribution in [0, 0.1) is 11.3 Å². The first kappa shape index (κ1) is 22.5. The molecule has 3 aromatic rings. The summed E-state index contributed by atoms with van der Waals surface area (Å²) >= 11 is 1.39. The normalized spacial score (nSPS) is 12.5. The third-order valence-electron chi connectivity index (χ3n) is 5.58. The highest BCUT2D eigenvalue weighted by Crippen LogP contribution is 2.36. The highest BCUT2D eigenvalue weighted by Gasteiger charge is 2.27. The van der Waals surface area contributed by atoms with Crippen LogP contribution in [0.15, 0.2) is 54.7 Å². The summed E-state index contributed by atoms with van der Waals surface area (Å²) in [5.74, 6) is -0.113. The predicted octanol–water partition coefficient (Wildman–Crippen LogP) is 3.90. The zero-order valence-electron chi connectivity index (χ0n) is 18.2. The fraction of sp³-hybridized carbons (Fsp3) is 0.280. The van der Waals surface area contributed by atoms with Gasteiger partial charge in [-0.25, -0.2) is 4.79 Å². The van der Waals surface area contributed by atoms with Crippen LogP contribution in [0.25, 0.3) is 0 Å². The highest BCUT2D eigenvalue weighted by atomic mass is 32.1. The van der Waals surface area contributed by atoms with Crippen LogP contribution in [0.4, 0.5) is 9.80 Å². The Labute approximate surface area is 197 Å². The minimum atomic E-state index is -0.128. The molecule has 1 aromatic carbocycles. The van der Waals surface area contributed by atoms with E-state index in [2.05, 4.69) is 21.7 Å². The van der Waals surface area contributed by atoms with Crippen molar-refractivity contribution in [1.82, 2.24) is 15.2 Å². The number of amides is 3. The van der Waals surface area contributed by atoms with Gasteiger partial charge in [0, 0.05) is 42.7 Å². The molecule has 2 aromatic heterocycles. The average molecular weight is 460 g/mol. The maximum atomic E-state index is 12.6. The molecule has 7 nitrogen and oxygen atoms in total. The second kappa shape index (κ2) is 10.7. The Hall–Kier alpha value is -3.70. The van der Waals surface area contributed by atoms with Crippen molar-refractivity contribution in [2.24, 2.45) is 0 Å². The average Bonchev–Trinajstić information content (AvgIpc) is 3.20. The number of nitriles is 1. The standard InChI is InChI=1S/C25H25N5O2S/c26-16-21-20-12-15-30(25(32)28-14-11-19-8-4-5-13-27-19)17-22(20)33-24(21)29-23(31)10-9-18-6-2-1-3-7-18/h1-8,13H,9-12,14-15,17H2,(H,28,32)(H,29,31). The van der Waals surface area contributed by atoms with E-state index in [1.807, 2.05) is 48.5 Å². The highest BCUT2D eigenvalue weighted by molar-refractivity contribution is 7.16. The largest absolute Gasteiger partial charge is 0.338 e. The lowest BCUT2D eigenvalue weighted by Crippen LogP contribution is -2.43. The number of carbonyl (C=O) groups excluding carboxylic acids is 2. The van der Waals surface area contributed by atoms with Crippen LogP contribution in [0.2, 0.25) is 0 Å². The Morgan fingerprint density at radius 1 is 1.12 bits per heavy atom. The number of hydrogen-bond donors (Lipinski definition) is 2. The quantitative estimate of drug-likeness (QED) is 0.560. The Kier molecular flexibility index (Phi) is 7.33. The molecule has 1 aliphatic heterocycles. The van der Waals surface area contributed by atoms with Crippen LogP contribution in [0.5, 0.6) is 0 Å². The van der Waals surface area contributed by atoms with Gasteiger partial charge in [-0.3, -0.25) is 9.78 Å². The molecule has 8 heteroatoms. The van der Waals surface area contributed by atoms with E-state index in [-0.39, 0.29) is 11.9 Å². The summed E-state index contributed by atoms with van der Waals surface area (Å²) in [6, 6.07) is 17.7. The molecule has 33 heavy (non-hydrogen) atoms. The number of aryl methyl sites for hydroxylation is 1. The van der Waals surface area contributed by atoms with Gasteiger partial charge in [-0.15, -0.1) is 11.3 Å². The molecule has 0 spiro atoms. The number of nitrogens with one attached hydrogen (secondary N) is 2. The van der Waals surface area contributed by atoms with Gasteiger partial charge in [0.2, 0.25) is 5.91 Å². The van der Waals surface area contributed by atoms with Gasteiger partial charge in [0.1, 0.15) is 11.1 Å². The predicted molar refractivity (Wildman–Crippen MR) is 128 cm³/mol. The summed E-state index contributed by atoms with van der Waals surface area (Å²) in [6.45, 7) is 1.48. The maximum absolute atomic E-state index is 12.6. The van der Waals surface area contributed by atoms with Crippen LogP contribution in [0.1, 0.15) is 33.7 Å². The lowest BCUT2D eigenvalue weighted by Gasteiger charge is -2.27. The number of pyridine rings is 1. The van der Waals surface area contributed by atoms with Gasteiger partial charge in [0.25, 0.3) is 0 Å². The number of carbonyl (C=O) groups is 2. The number of aromatic nitrogens is 1. The summed E-state index contributed by atoms with van der Waals surface area (Å²) in [6.07, 6.45) is 4.00. The van der Waals surface area contributed by atoms with E-state index in [0.29, 0.717) is 55.9 Å². The van der Waals surface area contributed by atoms with Gasteiger partial charge in [-0.2, -0.15) is 5.26 Å². The van der Waals surface area contributed by atoms with Crippen molar-refractivity contribution in [2.75, 3.05) is 18.4 Å². The van der Waals surface area contributed by atoms with Crippen LogP contribution >= 0.6 is 11.3 Å². The number of thiophene rings is 1. The molecule has 2 N–H and O–H groups in total. The Morgan fingerprint density at radius 3 is 2.70 bits per heavy atom. The zero-order valence-corrected chi connectivity index (χ0v) is 19.0. The molecule has 0 unspecified atom stereocenters. The zero-order chi connectivity index (χ0) is 23.0. The summed E-state index contributed by atoms with van der Waals surface area (Å²) in [7, 11) is 0. The van der Waals surface area contributed by atoms with Crippen molar-refractivity contribution in [3.63, 3.8) is 0 Å². The first-order chi connectivity index (χ1) is 16.1. The fourth-order valence-electron chi connectivity index (χ4n) is 3.83. The van der Waals surface area contributed by atoms with Crippen LogP contribution in [0.3, 0.4) is 0 Å². The molecular weight excluding hydrogens is 434 g/mol. The molecule has 0 aliphatic carbocycles. The minimum Gasteiger partial charge on any atom is -0.338 e. The third-order valence-corrected chi connectivity index (χ3v) is 6.71. The molecule has 3 amide bonds. The van der Waals surface area contributed by atoms with Gasteiger partial charge in [0.05, 0.1) is 12.1 Å². The second-order valence-electron chi connectivity index (χ2n) is 7.83. The molecule has 0 radical (unpaired) electrons. The minimum absolute atomic E-state index is 0.113. The van der Waals surface area contributed by atoms with Crippen molar-refractivity contribution in [2.45, 2.75) is 32.2 Å². The maximum Gasteiger partial charge on any atom is 0.317 e. The van der Waals surface area contributed by atoms with Crippen molar-refractivity contribution in [3.05, 3.63) is 82.0 Å². The summed E-state index contributed by atoms with van der Waals surface area (Å²) < 4.78 is 0. The van der Waals surface area contributed by atoms with Gasteiger partial charge < -0.3 is 15.5 Å². The molecule has 168 valence electrons. The molecule has 0 bridgehead atoms. The third kappa shape index (κ3) is 5.76. The molecular formula is C25H25N5O2S. The van der Waals surface area contributed by atoms with Crippen molar-refractivity contribution in [1.29, 1.82) is 5.26 Å². The van der Waals surface area contributed by atoms with Crippen LogP contribution < -0.4 is 10.6 Å². The van der Waals surface area contributed by atoms with E-state index in [1.165, 1.54) is 11.3 Å². The van der Waals surface area contributed by atoms with E-state index < -0.39 is 0 Å². The van der Waals surface area contributed by atoms with Gasteiger partial charge in [0.15, 0.2) is 0 Å². The number of hydrogen-bond acceptors (Lipinski definition) is 5. The lowest BCUT2D eigenvalue weighted by atomic mass is 10.0. The van der Waals surface area contributed by atoms with E-state index in [9.17, 15) is 14.9 Å². The van der Waals surface area contributed by atoms with Gasteiger partial charge in [-0.1, -0.05) is 36.4 Å². The van der Waals surface area contributed by atoms with Crippen molar-refractivity contribution < 1.29 is 9.59 Å². The lowest BCUT2D eigenvalue weighted by molar-refractivity contribution is -0.116. The number of rotatable bonds is 7. The second-order valence-corrected chi connectivity index (χ2v) is 8.93. The fourth-order valence-corrected chi connectivity index (χ4v) is 5.06. The van der Waals surface area contributed by atoms with Gasteiger partial charge >= 0.3 is 6.03 Å². The van der Waals surface area contributed by atoms with Gasteiger partial charge in [-0.05, 0) is 36.1 Å². The Morgan fingerprint density at radius 2 is 1.94 bits per heavy atom. The van der Waals surface area contributed by atoms with Crippen molar-refractivity contribution in [3.8, 4) is 6.07 Å². The number of fused-ring (bicyclic) bond motifs is 1.